The van der Waals surface area contributed by atoms with Gasteiger partial charge in [-0.1, -0.05) is 16.8 Å². The first-order valence-electron chi connectivity index (χ1n) is 8.23. The Balaban J connectivity index is 1.62. The predicted octanol–water partition coefficient (Wildman–Crippen LogP) is 2.13. The van der Waals surface area contributed by atoms with Crippen LogP contribution in [0.1, 0.15) is 21.8 Å². The van der Waals surface area contributed by atoms with Crippen molar-refractivity contribution in [2.75, 3.05) is 32.7 Å². The number of aryl methyl sites for hydroxylation is 2. The molecule has 140 valence electrons. The van der Waals surface area contributed by atoms with Crippen LogP contribution in [0.25, 0.3) is 0 Å². The average Bonchev–Trinajstić information content (AvgIpc) is 2.95. The number of piperazine rings is 1. The van der Waals surface area contributed by atoms with E-state index in [1.54, 1.807) is 38.1 Å². The average molecular weight is 398 g/mol. The largest absolute Gasteiger partial charge is 0.360 e. The first-order valence-corrected chi connectivity index (χ1v) is 10.0. The third-order valence-corrected chi connectivity index (χ3v) is 6.83. The van der Waals surface area contributed by atoms with E-state index in [9.17, 15) is 13.2 Å². The van der Waals surface area contributed by atoms with Gasteiger partial charge in [0.25, 0.3) is 0 Å². The van der Waals surface area contributed by atoms with E-state index in [0.717, 1.165) is 0 Å². The molecule has 0 bridgehead atoms. The van der Waals surface area contributed by atoms with Crippen molar-refractivity contribution >= 4 is 27.4 Å². The molecule has 1 aliphatic rings. The Kier molecular flexibility index (Phi) is 5.47. The molecule has 1 fully saturated rings. The van der Waals surface area contributed by atoms with Crippen LogP contribution in [0, 0.1) is 13.8 Å². The van der Waals surface area contributed by atoms with Crippen LogP contribution in [0.5, 0.6) is 0 Å². The molecule has 0 atom stereocenters. The minimum Gasteiger partial charge on any atom is -0.360 e. The zero-order valence-corrected chi connectivity index (χ0v) is 16.2. The molecule has 0 aliphatic carbocycles. The lowest BCUT2D eigenvalue weighted by atomic mass is 10.1. The van der Waals surface area contributed by atoms with E-state index in [2.05, 4.69) is 5.16 Å². The molecular weight excluding hydrogens is 378 g/mol. The highest BCUT2D eigenvalue weighted by Crippen LogP contribution is 2.24. The van der Waals surface area contributed by atoms with Crippen LogP contribution in [-0.4, -0.2) is 61.3 Å². The van der Waals surface area contributed by atoms with Gasteiger partial charge in [0.1, 0.15) is 10.6 Å². The highest BCUT2D eigenvalue weighted by atomic mass is 35.5. The quantitative estimate of drug-likeness (QED) is 0.719. The van der Waals surface area contributed by atoms with Crippen LogP contribution in [0.2, 0.25) is 5.02 Å². The number of rotatable bonds is 5. The summed E-state index contributed by atoms with van der Waals surface area (Å²) in [5.41, 5.74) is 0.961. The summed E-state index contributed by atoms with van der Waals surface area (Å²) < 4.78 is 32.0. The maximum atomic E-state index is 12.8. The number of hydrogen-bond acceptors (Lipinski definition) is 6. The van der Waals surface area contributed by atoms with Gasteiger partial charge < -0.3 is 4.52 Å². The number of nitrogens with zero attached hydrogens (tertiary/aromatic N) is 3. The van der Waals surface area contributed by atoms with Crippen molar-refractivity contribution in [2.45, 2.75) is 18.7 Å². The second-order valence-corrected chi connectivity index (χ2v) is 8.57. The van der Waals surface area contributed by atoms with Crippen LogP contribution < -0.4 is 0 Å². The van der Waals surface area contributed by atoms with Crippen molar-refractivity contribution in [1.29, 1.82) is 0 Å². The summed E-state index contributed by atoms with van der Waals surface area (Å²) in [6, 6.07) is 6.76. The van der Waals surface area contributed by atoms with E-state index >= 15 is 0 Å². The lowest BCUT2D eigenvalue weighted by Gasteiger charge is -2.33. The number of sulfonamides is 1. The molecule has 26 heavy (non-hydrogen) atoms. The molecule has 2 aromatic rings. The third kappa shape index (κ3) is 3.83. The molecule has 9 heteroatoms. The number of hydrogen-bond donors (Lipinski definition) is 0. The van der Waals surface area contributed by atoms with Gasteiger partial charge in [0.05, 0.1) is 6.54 Å². The zero-order valence-electron chi connectivity index (χ0n) is 14.6. The van der Waals surface area contributed by atoms with Gasteiger partial charge in [-0.3, -0.25) is 9.69 Å². The molecule has 1 saturated heterocycles. The summed E-state index contributed by atoms with van der Waals surface area (Å²) in [5, 5.41) is 4.31. The van der Waals surface area contributed by atoms with Crippen LogP contribution in [0.3, 0.4) is 0 Å². The van der Waals surface area contributed by atoms with E-state index in [4.69, 9.17) is 16.1 Å². The molecule has 2 heterocycles. The molecule has 1 aromatic carbocycles. The van der Waals surface area contributed by atoms with E-state index in [1.807, 2.05) is 4.90 Å². The summed E-state index contributed by atoms with van der Waals surface area (Å²) in [6.07, 6.45) is 0. The Morgan fingerprint density at radius 3 is 2.31 bits per heavy atom. The van der Waals surface area contributed by atoms with E-state index in [1.165, 1.54) is 4.31 Å². The summed E-state index contributed by atoms with van der Waals surface area (Å²) >= 11 is 5.84. The molecule has 1 aromatic heterocycles. The van der Waals surface area contributed by atoms with Gasteiger partial charge in [0, 0.05) is 36.8 Å². The maximum absolute atomic E-state index is 12.8. The highest BCUT2D eigenvalue weighted by Gasteiger charge is 2.33. The number of carbonyl (C=O) groups excluding carboxylic acids is 1. The van der Waals surface area contributed by atoms with Crippen molar-refractivity contribution in [3.05, 3.63) is 46.3 Å². The normalized spacial score (nSPS) is 16.7. The monoisotopic (exact) mass is 397 g/mol. The fourth-order valence-corrected chi connectivity index (χ4v) is 4.87. The molecule has 0 amide bonds. The minimum absolute atomic E-state index is 0.0105. The molecule has 1 aliphatic heterocycles. The van der Waals surface area contributed by atoms with Gasteiger partial charge in [0.2, 0.25) is 10.0 Å². The summed E-state index contributed by atoms with van der Waals surface area (Å²) in [7, 11) is -3.64. The van der Waals surface area contributed by atoms with Crippen molar-refractivity contribution in [1.82, 2.24) is 14.4 Å². The molecule has 7 nitrogen and oxygen atoms in total. The number of Topliss-reactive ketones (excluding diaryl/α,β-unsaturated/α-hetero) is 1. The summed E-state index contributed by atoms with van der Waals surface area (Å²) in [4.78, 5) is 14.4. The Labute approximate surface area is 157 Å². The zero-order chi connectivity index (χ0) is 18.9. The van der Waals surface area contributed by atoms with Crippen molar-refractivity contribution in [2.24, 2.45) is 0 Å². The molecule has 0 N–H and O–H groups in total. The lowest BCUT2D eigenvalue weighted by molar-refractivity contribution is 0.0901. The minimum atomic E-state index is -3.64. The Morgan fingerprint density at radius 2 is 1.77 bits per heavy atom. The van der Waals surface area contributed by atoms with Crippen LogP contribution >= 0.6 is 11.6 Å². The Hall–Kier alpha value is -1.74. The smallest absolute Gasteiger partial charge is 0.248 e. The molecule has 0 unspecified atom stereocenters. The molecule has 0 spiro atoms. The number of benzene rings is 1. The first-order chi connectivity index (χ1) is 12.3. The molecule has 0 saturated carbocycles. The van der Waals surface area contributed by atoms with Gasteiger partial charge in [-0.15, -0.1) is 0 Å². The Bertz CT molecular complexity index is 881. The van der Waals surface area contributed by atoms with Crippen molar-refractivity contribution < 1.29 is 17.7 Å². The van der Waals surface area contributed by atoms with Gasteiger partial charge in [-0.2, -0.15) is 4.31 Å². The topological polar surface area (TPSA) is 83.7 Å². The molecular formula is C17H20ClN3O4S. The number of halogens is 1. The molecule has 3 rings (SSSR count). The predicted molar refractivity (Wildman–Crippen MR) is 97.0 cm³/mol. The fourth-order valence-electron chi connectivity index (χ4n) is 3.03. The standard InChI is InChI=1S/C17H20ClN3O4S/c1-12-17(13(2)25-19-12)26(23,24)21-9-7-20(8-10-21)11-16(22)14-3-5-15(18)6-4-14/h3-6H,7-11H2,1-2H3. The molecule has 0 radical (unpaired) electrons. The number of aromatic nitrogens is 1. The van der Waals surface area contributed by atoms with Crippen LogP contribution in [-0.2, 0) is 10.0 Å². The van der Waals surface area contributed by atoms with Gasteiger partial charge >= 0.3 is 0 Å². The number of ketones is 1. The first kappa shape index (κ1) is 19.0. The van der Waals surface area contributed by atoms with Crippen molar-refractivity contribution in [3.8, 4) is 0 Å². The number of carbonyl (C=O) groups is 1. The van der Waals surface area contributed by atoms with Crippen LogP contribution in [0.15, 0.2) is 33.7 Å². The third-order valence-electron chi connectivity index (χ3n) is 4.43. The SMILES string of the molecule is Cc1noc(C)c1S(=O)(=O)N1CCN(CC(=O)c2ccc(Cl)cc2)CC1. The maximum Gasteiger partial charge on any atom is 0.248 e. The second kappa shape index (κ2) is 7.48. The summed E-state index contributed by atoms with van der Waals surface area (Å²) in [5.74, 6) is 0.284. The fraction of sp³-hybridized carbons (Fsp3) is 0.412. The van der Waals surface area contributed by atoms with Gasteiger partial charge in [-0.05, 0) is 38.1 Å². The lowest BCUT2D eigenvalue weighted by Crippen LogP contribution is -2.49. The highest BCUT2D eigenvalue weighted by molar-refractivity contribution is 7.89. The van der Waals surface area contributed by atoms with Gasteiger partial charge in [-0.25, -0.2) is 8.42 Å². The van der Waals surface area contributed by atoms with E-state index in [-0.39, 0.29) is 17.2 Å². The Morgan fingerprint density at radius 1 is 1.15 bits per heavy atom. The van der Waals surface area contributed by atoms with E-state index in [0.29, 0.717) is 48.2 Å². The van der Waals surface area contributed by atoms with Crippen LogP contribution in [0.4, 0.5) is 0 Å². The second-order valence-electron chi connectivity index (χ2n) is 6.26. The summed E-state index contributed by atoms with van der Waals surface area (Å²) in [6.45, 7) is 5.07. The van der Waals surface area contributed by atoms with E-state index < -0.39 is 10.0 Å². The van der Waals surface area contributed by atoms with Crippen molar-refractivity contribution in [3.63, 3.8) is 0 Å². The van der Waals surface area contributed by atoms with Gasteiger partial charge in [0.15, 0.2) is 11.5 Å².